The molecule has 1 fully saturated rings. The maximum absolute atomic E-state index is 13.7. The molecule has 1 heterocycles. The summed E-state index contributed by atoms with van der Waals surface area (Å²) in [4.78, 5) is 16.9. The monoisotopic (exact) mass is 357 g/mol. The number of carbonyl (C=O) groups excluding carboxylic acids is 1. The Bertz CT molecular complexity index is 813. The number of rotatable bonds is 4. The van der Waals surface area contributed by atoms with E-state index in [-0.39, 0.29) is 11.7 Å². The third-order valence-electron chi connectivity index (χ3n) is 4.65. The summed E-state index contributed by atoms with van der Waals surface area (Å²) in [6.07, 6.45) is 3.71. The Hall–Kier alpha value is -2.26. The molecule has 1 N–H and O–H groups in total. The summed E-state index contributed by atoms with van der Waals surface area (Å²) < 4.78 is 13.7. The number of nitrogens with zero attached hydrogens (tertiary/aromatic N) is 2. The molecule has 6 heteroatoms. The highest BCUT2D eigenvalue weighted by atomic mass is 32.1. The van der Waals surface area contributed by atoms with Crippen LogP contribution in [0.5, 0.6) is 0 Å². The Balaban J connectivity index is 1.70. The smallest absolute Gasteiger partial charge is 0.272 e. The van der Waals surface area contributed by atoms with Crippen LogP contribution in [-0.4, -0.2) is 16.4 Å². The van der Waals surface area contributed by atoms with Crippen LogP contribution in [0.2, 0.25) is 0 Å². The molecule has 1 aliphatic rings. The van der Waals surface area contributed by atoms with E-state index in [0.717, 1.165) is 12.8 Å². The van der Waals surface area contributed by atoms with Gasteiger partial charge in [-0.25, -0.2) is 9.37 Å². The van der Waals surface area contributed by atoms with Crippen LogP contribution in [0.15, 0.2) is 29.6 Å². The van der Waals surface area contributed by atoms with Gasteiger partial charge in [-0.3, -0.25) is 4.79 Å². The van der Waals surface area contributed by atoms with Gasteiger partial charge < -0.3 is 5.32 Å². The zero-order valence-corrected chi connectivity index (χ0v) is 14.9. The molecule has 0 radical (unpaired) electrons. The van der Waals surface area contributed by atoms with Crippen LogP contribution in [0.4, 0.5) is 4.39 Å². The zero-order chi connectivity index (χ0) is 17.9. The molecule has 2 aromatic rings. The van der Waals surface area contributed by atoms with Crippen LogP contribution in [0.3, 0.4) is 0 Å². The van der Waals surface area contributed by atoms with Crippen molar-refractivity contribution in [3.8, 4) is 6.07 Å². The van der Waals surface area contributed by atoms with E-state index in [9.17, 15) is 14.4 Å². The lowest BCUT2D eigenvalue weighted by molar-refractivity contribution is 0.0886. The molecular weight excluding hydrogens is 337 g/mol. The summed E-state index contributed by atoms with van der Waals surface area (Å²) in [5.41, 5.74) is 0.0481. The van der Waals surface area contributed by atoms with Gasteiger partial charge in [-0.2, -0.15) is 5.26 Å². The number of benzene rings is 1. The summed E-state index contributed by atoms with van der Waals surface area (Å²) in [6, 6.07) is 8.85. The number of hydrogen-bond donors (Lipinski definition) is 1. The number of hydrogen-bond acceptors (Lipinski definition) is 4. The maximum atomic E-state index is 13.7. The molecule has 1 amide bonds. The lowest BCUT2D eigenvalue weighted by atomic mass is 9.77. The lowest BCUT2D eigenvalue weighted by Crippen LogP contribution is -2.50. The second kappa shape index (κ2) is 7.32. The number of thiazole rings is 1. The van der Waals surface area contributed by atoms with E-state index in [1.54, 1.807) is 23.6 Å². The van der Waals surface area contributed by atoms with Crippen molar-refractivity contribution in [2.24, 2.45) is 5.92 Å². The van der Waals surface area contributed by atoms with Gasteiger partial charge in [0, 0.05) is 11.8 Å². The fourth-order valence-electron chi connectivity index (χ4n) is 3.38. The Kier molecular flexibility index (Phi) is 5.14. The molecule has 25 heavy (non-hydrogen) atoms. The molecule has 4 nitrogen and oxygen atoms in total. The van der Waals surface area contributed by atoms with Crippen molar-refractivity contribution in [3.63, 3.8) is 0 Å². The van der Waals surface area contributed by atoms with Gasteiger partial charge in [0.2, 0.25) is 0 Å². The Morgan fingerprint density at radius 3 is 3.04 bits per heavy atom. The third-order valence-corrected chi connectivity index (χ3v) is 5.50. The van der Waals surface area contributed by atoms with Crippen molar-refractivity contribution in [1.82, 2.24) is 10.3 Å². The van der Waals surface area contributed by atoms with E-state index in [0.29, 0.717) is 41.4 Å². The number of nitrogens with one attached hydrogen (secondary N) is 1. The molecule has 3 rings (SSSR count). The predicted octanol–water partition coefficient (Wildman–Crippen LogP) is 4.08. The van der Waals surface area contributed by atoms with E-state index in [4.69, 9.17) is 0 Å². The molecule has 1 aromatic carbocycles. The summed E-state index contributed by atoms with van der Waals surface area (Å²) in [5.74, 6) is -0.184. The molecule has 0 bridgehead atoms. The van der Waals surface area contributed by atoms with E-state index in [1.807, 2.05) is 0 Å². The molecule has 2 atom stereocenters. The van der Waals surface area contributed by atoms with Crippen LogP contribution in [-0.2, 0) is 6.42 Å². The van der Waals surface area contributed by atoms with Crippen molar-refractivity contribution in [1.29, 1.82) is 5.26 Å². The van der Waals surface area contributed by atoms with E-state index in [2.05, 4.69) is 23.3 Å². The summed E-state index contributed by atoms with van der Waals surface area (Å²) >= 11 is 1.33. The van der Waals surface area contributed by atoms with Crippen LogP contribution in [0.25, 0.3) is 0 Å². The Morgan fingerprint density at radius 1 is 1.52 bits per heavy atom. The van der Waals surface area contributed by atoms with Gasteiger partial charge in [0.1, 0.15) is 17.1 Å². The highest BCUT2D eigenvalue weighted by Gasteiger charge is 2.37. The molecular formula is C19H20FN3OS. The average Bonchev–Trinajstić information content (AvgIpc) is 3.06. The summed E-state index contributed by atoms with van der Waals surface area (Å²) in [7, 11) is 0. The second-order valence-corrected chi connectivity index (χ2v) is 7.69. The van der Waals surface area contributed by atoms with E-state index in [1.165, 1.54) is 17.4 Å². The quantitative estimate of drug-likeness (QED) is 0.897. The van der Waals surface area contributed by atoms with Crippen molar-refractivity contribution < 1.29 is 9.18 Å². The standard InChI is InChI=1S/C19H20FN3OS/c1-13-5-4-8-19(10-13,12-21)23-18(24)16-11-25-17(22-16)9-14-6-2-3-7-15(14)20/h2-3,6-7,11,13H,4-5,8-10H2,1H3,(H,23,24). The van der Waals surface area contributed by atoms with Crippen LogP contribution >= 0.6 is 11.3 Å². The number of carbonyl (C=O) groups is 1. The molecule has 0 saturated heterocycles. The summed E-state index contributed by atoms with van der Waals surface area (Å²) in [6.45, 7) is 2.10. The molecule has 1 aliphatic carbocycles. The maximum Gasteiger partial charge on any atom is 0.272 e. The minimum atomic E-state index is -0.802. The third kappa shape index (κ3) is 4.05. The van der Waals surface area contributed by atoms with Gasteiger partial charge >= 0.3 is 0 Å². The molecule has 2 unspecified atom stereocenters. The number of nitriles is 1. The van der Waals surface area contributed by atoms with Gasteiger partial charge in [-0.05, 0) is 36.8 Å². The second-order valence-electron chi connectivity index (χ2n) is 6.74. The average molecular weight is 357 g/mol. The van der Waals surface area contributed by atoms with Crippen LogP contribution in [0, 0.1) is 23.1 Å². The molecule has 130 valence electrons. The number of aromatic nitrogens is 1. The van der Waals surface area contributed by atoms with Gasteiger partial charge in [0.25, 0.3) is 5.91 Å². The van der Waals surface area contributed by atoms with Crippen LogP contribution < -0.4 is 5.32 Å². The normalized spacial score (nSPS) is 23.0. The minimum Gasteiger partial charge on any atom is -0.332 e. The van der Waals surface area contributed by atoms with Crippen LogP contribution in [0.1, 0.15) is 53.7 Å². The highest BCUT2D eigenvalue weighted by molar-refractivity contribution is 7.09. The fraction of sp³-hybridized carbons (Fsp3) is 0.421. The van der Waals surface area contributed by atoms with Crippen molar-refractivity contribution in [2.75, 3.05) is 0 Å². The molecule has 1 aromatic heterocycles. The fourth-order valence-corrected chi connectivity index (χ4v) is 4.17. The molecule has 0 aliphatic heterocycles. The van der Waals surface area contributed by atoms with Crippen molar-refractivity contribution >= 4 is 17.2 Å². The Morgan fingerprint density at radius 2 is 2.32 bits per heavy atom. The SMILES string of the molecule is CC1CCCC(C#N)(NC(=O)c2csc(Cc3ccccc3F)n2)C1. The van der Waals surface area contributed by atoms with Crippen molar-refractivity contribution in [3.05, 3.63) is 51.7 Å². The first-order valence-electron chi connectivity index (χ1n) is 8.43. The van der Waals surface area contributed by atoms with E-state index < -0.39 is 5.54 Å². The highest BCUT2D eigenvalue weighted by Crippen LogP contribution is 2.32. The minimum absolute atomic E-state index is 0.275. The van der Waals surface area contributed by atoms with Gasteiger partial charge in [-0.1, -0.05) is 31.5 Å². The number of amides is 1. The van der Waals surface area contributed by atoms with E-state index >= 15 is 0 Å². The first-order valence-corrected chi connectivity index (χ1v) is 9.31. The summed E-state index contributed by atoms with van der Waals surface area (Å²) in [5, 5.41) is 14.8. The topological polar surface area (TPSA) is 65.8 Å². The van der Waals surface area contributed by atoms with Crippen molar-refractivity contribution in [2.45, 2.75) is 44.6 Å². The first kappa shape index (κ1) is 17.6. The Labute approximate surface area is 150 Å². The number of halogens is 1. The molecule has 1 saturated carbocycles. The first-order chi connectivity index (χ1) is 12.0. The molecule has 0 spiro atoms. The lowest BCUT2D eigenvalue weighted by Gasteiger charge is -2.34. The van der Waals surface area contributed by atoms with Gasteiger partial charge in [0.05, 0.1) is 11.1 Å². The zero-order valence-electron chi connectivity index (χ0n) is 14.1. The predicted molar refractivity (Wildman–Crippen MR) is 94.8 cm³/mol. The van der Waals surface area contributed by atoms with Gasteiger partial charge in [0.15, 0.2) is 0 Å². The largest absolute Gasteiger partial charge is 0.332 e. The van der Waals surface area contributed by atoms with Gasteiger partial charge in [-0.15, -0.1) is 11.3 Å².